The minimum absolute atomic E-state index is 0.164. The van der Waals surface area contributed by atoms with E-state index in [-0.39, 0.29) is 30.7 Å². The maximum atomic E-state index is 14.0. The van der Waals surface area contributed by atoms with Gasteiger partial charge in [-0.25, -0.2) is 17.8 Å². The SMILES string of the molecule is Cc1nc(NC(=O)C2CCN(S(=O)(=O)C=Cc3ccccc3)CC2)sc1Cc1ccccc1F. The third-order valence-electron chi connectivity index (χ3n) is 5.85. The van der Waals surface area contributed by atoms with Gasteiger partial charge in [-0.05, 0) is 43.0 Å². The number of thiazole rings is 1. The van der Waals surface area contributed by atoms with Crippen molar-refractivity contribution >= 4 is 38.5 Å². The van der Waals surface area contributed by atoms with Crippen molar-refractivity contribution < 1.29 is 17.6 Å². The average molecular weight is 500 g/mol. The second kappa shape index (κ2) is 10.6. The highest BCUT2D eigenvalue weighted by Gasteiger charge is 2.30. The largest absolute Gasteiger partial charge is 0.302 e. The summed E-state index contributed by atoms with van der Waals surface area (Å²) < 4.78 is 40.7. The Morgan fingerprint density at radius 2 is 1.82 bits per heavy atom. The third-order valence-corrected chi connectivity index (χ3v) is 8.49. The van der Waals surface area contributed by atoms with Crippen molar-refractivity contribution in [2.75, 3.05) is 18.4 Å². The van der Waals surface area contributed by atoms with E-state index in [9.17, 15) is 17.6 Å². The van der Waals surface area contributed by atoms with Gasteiger partial charge in [-0.3, -0.25) is 4.79 Å². The van der Waals surface area contributed by atoms with E-state index in [1.807, 2.05) is 37.3 Å². The number of nitrogens with zero attached hydrogens (tertiary/aromatic N) is 2. The number of hydrogen-bond acceptors (Lipinski definition) is 5. The lowest BCUT2D eigenvalue weighted by molar-refractivity contribution is -0.120. The van der Waals surface area contributed by atoms with Crippen LogP contribution in [0.1, 0.15) is 34.5 Å². The van der Waals surface area contributed by atoms with Gasteiger partial charge in [0.05, 0.1) is 5.69 Å². The Morgan fingerprint density at radius 1 is 1.15 bits per heavy atom. The van der Waals surface area contributed by atoms with Crippen molar-refractivity contribution in [3.63, 3.8) is 0 Å². The normalized spacial score (nSPS) is 15.6. The molecule has 0 atom stereocenters. The first-order valence-electron chi connectivity index (χ1n) is 11.1. The van der Waals surface area contributed by atoms with E-state index in [0.29, 0.717) is 30.0 Å². The second-order valence-corrected chi connectivity index (χ2v) is 11.1. The van der Waals surface area contributed by atoms with Crippen molar-refractivity contribution in [1.29, 1.82) is 0 Å². The van der Waals surface area contributed by atoms with Crippen LogP contribution in [-0.4, -0.2) is 36.7 Å². The van der Waals surface area contributed by atoms with Crippen molar-refractivity contribution in [3.8, 4) is 0 Å². The molecule has 0 saturated carbocycles. The number of anilines is 1. The van der Waals surface area contributed by atoms with Gasteiger partial charge in [0.15, 0.2) is 5.13 Å². The first kappa shape index (κ1) is 24.3. The van der Waals surface area contributed by atoms with Crippen LogP contribution >= 0.6 is 11.3 Å². The highest BCUT2D eigenvalue weighted by Crippen LogP contribution is 2.28. The smallest absolute Gasteiger partial charge is 0.236 e. The van der Waals surface area contributed by atoms with Gasteiger partial charge in [0.1, 0.15) is 5.82 Å². The number of carbonyl (C=O) groups is 1. The van der Waals surface area contributed by atoms with E-state index in [2.05, 4.69) is 10.3 Å². The summed E-state index contributed by atoms with van der Waals surface area (Å²) in [6.07, 6.45) is 2.88. The van der Waals surface area contributed by atoms with Gasteiger partial charge in [-0.15, -0.1) is 11.3 Å². The summed E-state index contributed by atoms with van der Waals surface area (Å²) in [5.41, 5.74) is 2.16. The Hall–Kier alpha value is -2.88. The third kappa shape index (κ3) is 5.97. The number of hydrogen-bond donors (Lipinski definition) is 1. The molecule has 0 spiro atoms. The first-order chi connectivity index (χ1) is 16.3. The first-order valence-corrected chi connectivity index (χ1v) is 13.4. The molecular weight excluding hydrogens is 473 g/mol. The van der Waals surface area contributed by atoms with Crippen LogP contribution in [0.15, 0.2) is 60.0 Å². The van der Waals surface area contributed by atoms with Crippen molar-refractivity contribution in [1.82, 2.24) is 9.29 Å². The van der Waals surface area contributed by atoms with Crippen LogP contribution in [-0.2, 0) is 21.2 Å². The van der Waals surface area contributed by atoms with E-state index in [4.69, 9.17) is 0 Å². The zero-order valence-electron chi connectivity index (χ0n) is 18.8. The average Bonchev–Trinajstić information content (AvgIpc) is 3.18. The molecule has 1 fully saturated rings. The summed E-state index contributed by atoms with van der Waals surface area (Å²) in [6, 6.07) is 15.9. The maximum absolute atomic E-state index is 14.0. The van der Waals surface area contributed by atoms with Gasteiger partial charge < -0.3 is 5.32 Å². The molecule has 1 N–H and O–H groups in total. The van der Waals surface area contributed by atoms with Gasteiger partial charge in [-0.2, -0.15) is 4.31 Å². The summed E-state index contributed by atoms with van der Waals surface area (Å²) in [5.74, 6) is -0.715. The molecule has 34 heavy (non-hydrogen) atoms. The molecular formula is C25H26FN3O3S2. The Morgan fingerprint density at radius 3 is 2.53 bits per heavy atom. The fourth-order valence-corrected chi connectivity index (χ4v) is 6.06. The molecule has 4 rings (SSSR count). The van der Waals surface area contributed by atoms with Crippen LogP contribution < -0.4 is 5.32 Å². The monoisotopic (exact) mass is 499 g/mol. The van der Waals surface area contributed by atoms with Crippen molar-refractivity contribution in [2.45, 2.75) is 26.2 Å². The molecule has 1 aliphatic heterocycles. The van der Waals surface area contributed by atoms with Gasteiger partial charge in [-0.1, -0.05) is 48.5 Å². The molecule has 0 aliphatic carbocycles. The molecule has 3 aromatic rings. The Balaban J connectivity index is 1.32. The maximum Gasteiger partial charge on any atom is 0.236 e. The molecule has 1 aromatic heterocycles. The lowest BCUT2D eigenvalue weighted by atomic mass is 9.97. The van der Waals surface area contributed by atoms with E-state index >= 15 is 0 Å². The molecule has 2 heterocycles. The van der Waals surface area contributed by atoms with Crippen LogP contribution in [0.4, 0.5) is 9.52 Å². The number of carbonyl (C=O) groups excluding carboxylic acids is 1. The molecule has 1 amide bonds. The van der Waals surface area contributed by atoms with Crippen LogP contribution in [0, 0.1) is 18.7 Å². The Labute approximate surface area is 203 Å². The summed E-state index contributed by atoms with van der Waals surface area (Å²) in [6.45, 7) is 2.42. The molecule has 2 aromatic carbocycles. The number of aryl methyl sites for hydroxylation is 1. The molecule has 178 valence electrons. The lowest BCUT2D eigenvalue weighted by Gasteiger charge is -2.29. The number of amides is 1. The summed E-state index contributed by atoms with van der Waals surface area (Å²) in [4.78, 5) is 18.1. The topological polar surface area (TPSA) is 79.4 Å². The summed E-state index contributed by atoms with van der Waals surface area (Å²) in [5, 5.41) is 4.57. The van der Waals surface area contributed by atoms with Gasteiger partial charge >= 0.3 is 0 Å². The number of halogens is 1. The molecule has 9 heteroatoms. The highest BCUT2D eigenvalue weighted by atomic mass is 32.2. The van der Waals surface area contributed by atoms with E-state index in [0.717, 1.165) is 16.1 Å². The molecule has 0 radical (unpaired) electrons. The summed E-state index contributed by atoms with van der Waals surface area (Å²) >= 11 is 1.34. The number of benzene rings is 2. The zero-order valence-corrected chi connectivity index (χ0v) is 20.4. The summed E-state index contributed by atoms with van der Waals surface area (Å²) in [7, 11) is -3.54. The number of nitrogens with one attached hydrogen (secondary N) is 1. The lowest BCUT2D eigenvalue weighted by Crippen LogP contribution is -2.40. The van der Waals surface area contributed by atoms with Gasteiger partial charge in [0.2, 0.25) is 15.9 Å². The van der Waals surface area contributed by atoms with Crippen LogP contribution in [0.5, 0.6) is 0 Å². The standard InChI is InChI=1S/C25H26FN3O3S2/c1-18-23(17-21-9-5-6-10-22(21)26)33-25(27-18)28-24(30)20-11-14-29(15-12-20)34(31,32)16-13-19-7-3-2-4-8-19/h2-10,13,16,20H,11-12,14-15,17H2,1H3,(H,27,28,30). The zero-order chi connectivity index (χ0) is 24.1. The second-order valence-electron chi connectivity index (χ2n) is 8.22. The van der Waals surface area contributed by atoms with Crippen LogP contribution in [0.25, 0.3) is 6.08 Å². The van der Waals surface area contributed by atoms with Crippen molar-refractivity contribution in [3.05, 3.63) is 87.5 Å². The van der Waals surface area contributed by atoms with E-state index in [1.54, 1.807) is 24.3 Å². The van der Waals surface area contributed by atoms with E-state index < -0.39 is 10.0 Å². The van der Waals surface area contributed by atoms with E-state index in [1.165, 1.54) is 27.1 Å². The predicted molar refractivity (Wildman–Crippen MR) is 133 cm³/mol. The molecule has 1 saturated heterocycles. The molecule has 0 unspecified atom stereocenters. The Kier molecular flexibility index (Phi) is 7.55. The van der Waals surface area contributed by atoms with Gasteiger partial charge in [0.25, 0.3) is 0 Å². The van der Waals surface area contributed by atoms with Crippen LogP contribution in [0.3, 0.4) is 0 Å². The van der Waals surface area contributed by atoms with Crippen molar-refractivity contribution in [2.24, 2.45) is 5.92 Å². The minimum atomic E-state index is -3.54. The minimum Gasteiger partial charge on any atom is -0.302 e. The number of piperidine rings is 1. The quantitative estimate of drug-likeness (QED) is 0.505. The van der Waals surface area contributed by atoms with Crippen LogP contribution in [0.2, 0.25) is 0 Å². The molecule has 1 aliphatic rings. The molecule has 6 nitrogen and oxygen atoms in total. The fourth-order valence-electron chi connectivity index (χ4n) is 3.85. The Bertz CT molecular complexity index is 1280. The van der Waals surface area contributed by atoms with Gasteiger partial charge in [0, 0.05) is 35.7 Å². The fraction of sp³-hybridized carbons (Fsp3) is 0.280. The predicted octanol–water partition coefficient (Wildman–Crippen LogP) is 4.83. The number of rotatable bonds is 7. The molecule has 0 bridgehead atoms. The number of aromatic nitrogens is 1. The number of sulfonamides is 1. The highest BCUT2D eigenvalue weighted by molar-refractivity contribution is 7.92.